The van der Waals surface area contributed by atoms with Crippen LogP contribution in [-0.2, 0) is 0 Å². The van der Waals surface area contributed by atoms with Gasteiger partial charge in [-0.25, -0.2) is 4.98 Å². The average Bonchev–Trinajstić information content (AvgIpc) is 3.67. The minimum Gasteiger partial charge on any atom is -0.456 e. The minimum atomic E-state index is 0.866. The highest BCUT2D eigenvalue weighted by Crippen LogP contribution is 2.42. The predicted molar refractivity (Wildman–Crippen MR) is 192 cm³/mol. The summed E-state index contributed by atoms with van der Waals surface area (Å²) in [6.07, 6.45) is 0. The van der Waals surface area contributed by atoms with Crippen molar-refractivity contribution in [3.8, 4) is 28.1 Å². The second-order valence-electron chi connectivity index (χ2n) is 11.9. The molecule has 0 fully saturated rings. The van der Waals surface area contributed by atoms with Gasteiger partial charge in [0.05, 0.1) is 22.2 Å². The first-order valence-corrected chi connectivity index (χ1v) is 15.6. The predicted octanol–water partition coefficient (Wildman–Crippen LogP) is 11.7. The van der Waals surface area contributed by atoms with Crippen LogP contribution in [0.5, 0.6) is 0 Å². The molecule has 3 nitrogen and oxygen atoms in total. The third-order valence-electron chi connectivity index (χ3n) is 9.38. The summed E-state index contributed by atoms with van der Waals surface area (Å²) in [6.45, 7) is 0. The van der Waals surface area contributed by atoms with Crippen LogP contribution in [0.25, 0.3) is 93.5 Å². The first-order valence-electron chi connectivity index (χ1n) is 15.6. The molecule has 3 aromatic heterocycles. The van der Waals surface area contributed by atoms with Gasteiger partial charge in [-0.3, -0.25) is 0 Å². The Kier molecular flexibility index (Phi) is 5.28. The van der Waals surface area contributed by atoms with E-state index in [1.165, 1.54) is 32.8 Å². The number of para-hydroxylation sites is 3. The summed E-state index contributed by atoms with van der Waals surface area (Å²) in [5.41, 5.74) is 10.7. The Morgan fingerprint density at radius 3 is 1.98 bits per heavy atom. The van der Waals surface area contributed by atoms with E-state index in [1.807, 2.05) is 0 Å². The maximum absolute atomic E-state index is 6.45. The van der Waals surface area contributed by atoms with Gasteiger partial charge in [-0.2, -0.15) is 0 Å². The quantitative estimate of drug-likeness (QED) is 0.193. The number of pyridine rings is 1. The van der Waals surface area contributed by atoms with Crippen molar-refractivity contribution < 1.29 is 4.42 Å². The lowest BCUT2D eigenvalue weighted by atomic mass is 9.95. The highest BCUT2D eigenvalue weighted by atomic mass is 16.3. The van der Waals surface area contributed by atoms with Gasteiger partial charge < -0.3 is 8.98 Å². The molecule has 3 heteroatoms. The zero-order valence-corrected chi connectivity index (χ0v) is 24.8. The molecule has 0 amide bonds. The molecule has 0 aliphatic carbocycles. The monoisotopic (exact) mass is 586 g/mol. The summed E-state index contributed by atoms with van der Waals surface area (Å²) in [7, 11) is 0. The smallest absolute Gasteiger partial charge is 0.136 e. The van der Waals surface area contributed by atoms with Gasteiger partial charge in [0.25, 0.3) is 0 Å². The average molecular weight is 587 g/mol. The normalized spacial score (nSPS) is 11.9. The van der Waals surface area contributed by atoms with E-state index in [0.29, 0.717) is 0 Å². The molecule has 3 heterocycles. The van der Waals surface area contributed by atoms with Crippen LogP contribution < -0.4 is 0 Å². The van der Waals surface area contributed by atoms with Crippen LogP contribution in [0.4, 0.5) is 0 Å². The first kappa shape index (κ1) is 25.2. The largest absolute Gasteiger partial charge is 0.456 e. The number of nitrogens with zero attached hydrogens (tertiary/aromatic N) is 2. The van der Waals surface area contributed by atoms with E-state index < -0.39 is 0 Å². The third kappa shape index (κ3) is 3.63. The van der Waals surface area contributed by atoms with Gasteiger partial charge >= 0.3 is 0 Å². The summed E-state index contributed by atoms with van der Waals surface area (Å²) in [4.78, 5) is 5.24. The molecule has 0 bridgehead atoms. The third-order valence-corrected chi connectivity index (χ3v) is 9.38. The van der Waals surface area contributed by atoms with E-state index >= 15 is 0 Å². The number of hydrogen-bond acceptors (Lipinski definition) is 2. The van der Waals surface area contributed by atoms with E-state index in [-0.39, 0.29) is 0 Å². The van der Waals surface area contributed by atoms with Crippen molar-refractivity contribution in [2.75, 3.05) is 0 Å². The Bertz CT molecular complexity index is 2800. The first-order chi connectivity index (χ1) is 22.8. The highest BCUT2D eigenvalue weighted by Gasteiger charge is 2.18. The number of benzene rings is 7. The molecule has 0 spiro atoms. The second kappa shape index (κ2) is 9.65. The Morgan fingerprint density at radius 1 is 0.435 bits per heavy atom. The van der Waals surface area contributed by atoms with E-state index in [2.05, 4.69) is 162 Å². The topological polar surface area (TPSA) is 31.0 Å². The fraction of sp³-hybridized carbons (Fsp3) is 0. The van der Waals surface area contributed by atoms with Gasteiger partial charge in [0, 0.05) is 43.6 Å². The van der Waals surface area contributed by atoms with Gasteiger partial charge in [0.2, 0.25) is 0 Å². The molecule has 0 radical (unpaired) electrons. The summed E-state index contributed by atoms with van der Waals surface area (Å²) in [6, 6.07) is 55.9. The number of hydrogen-bond donors (Lipinski definition) is 0. The van der Waals surface area contributed by atoms with Crippen LogP contribution >= 0.6 is 0 Å². The number of rotatable bonds is 3. The van der Waals surface area contributed by atoms with Gasteiger partial charge in [0.15, 0.2) is 0 Å². The van der Waals surface area contributed by atoms with Crippen molar-refractivity contribution in [3.05, 3.63) is 158 Å². The zero-order valence-electron chi connectivity index (χ0n) is 24.8. The van der Waals surface area contributed by atoms with Gasteiger partial charge in [-0.1, -0.05) is 103 Å². The van der Waals surface area contributed by atoms with Crippen LogP contribution in [0.1, 0.15) is 0 Å². The standard InChI is InChI=1S/C43H26N2O/c1-2-11-29(12-3-1)45-38-19-9-7-15-32(38)35-25-27(21-23-39(35)45)28-22-24-40-36(26-28)42-34(17-10-20-41(42)46-40)43-33-16-5-4-13-30(33)31-14-6-8-18-37(31)44-43/h1-26H. The van der Waals surface area contributed by atoms with Crippen molar-refractivity contribution in [3.63, 3.8) is 0 Å². The molecule has 7 aromatic carbocycles. The van der Waals surface area contributed by atoms with Gasteiger partial charge in [-0.15, -0.1) is 0 Å². The molecule has 46 heavy (non-hydrogen) atoms. The lowest BCUT2D eigenvalue weighted by Crippen LogP contribution is -1.92. The van der Waals surface area contributed by atoms with Crippen molar-refractivity contribution in [2.45, 2.75) is 0 Å². The molecule has 0 N–H and O–H groups in total. The van der Waals surface area contributed by atoms with Crippen molar-refractivity contribution in [1.29, 1.82) is 0 Å². The van der Waals surface area contributed by atoms with Crippen LogP contribution in [0.3, 0.4) is 0 Å². The van der Waals surface area contributed by atoms with Crippen LogP contribution in [-0.4, -0.2) is 9.55 Å². The maximum Gasteiger partial charge on any atom is 0.136 e. The summed E-state index contributed by atoms with van der Waals surface area (Å²) >= 11 is 0. The molecule has 0 unspecified atom stereocenters. The molecule has 0 saturated heterocycles. The molecule has 0 aliphatic rings. The lowest BCUT2D eigenvalue weighted by Gasteiger charge is -2.11. The highest BCUT2D eigenvalue weighted by molar-refractivity contribution is 6.18. The van der Waals surface area contributed by atoms with E-state index in [1.54, 1.807) is 0 Å². The Hall–Kier alpha value is -6.19. The number of fused-ring (bicyclic) bond motifs is 9. The van der Waals surface area contributed by atoms with Crippen LogP contribution in [0.2, 0.25) is 0 Å². The fourth-order valence-corrected chi connectivity index (χ4v) is 7.32. The van der Waals surface area contributed by atoms with Crippen molar-refractivity contribution in [1.82, 2.24) is 9.55 Å². The Labute approximate surface area is 264 Å². The molecular formula is C43H26N2O. The van der Waals surface area contributed by atoms with Crippen molar-refractivity contribution >= 4 is 65.4 Å². The fourth-order valence-electron chi connectivity index (χ4n) is 7.32. The van der Waals surface area contributed by atoms with E-state index in [4.69, 9.17) is 9.40 Å². The number of aromatic nitrogens is 2. The number of furan rings is 1. The van der Waals surface area contributed by atoms with Crippen LogP contribution in [0.15, 0.2) is 162 Å². The lowest BCUT2D eigenvalue weighted by molar-refractivity contribution is 0.669. The Balaban J connectivity index is 1.21. The molecular weight excluding hydrogens is 560 g/mol. The molecule has 214 valence electrons. The molecule has 10 rings (SSSR count). The SMILES string of the molecule is c1ccc(-n2c3ccccc3c3cc(-c4ccc5oc6cccc(-c7nc8ccccc8c8ccccc78)c6c5c4)ccc32)cc1. The second-order valence-corrected chi connectivity index (χ2v) is 11.9. The zero-order chi connectivity index (χ0) is 30.2. The summed E-state index contributed by atoms with van der Waals surface area (Å²) in [5, 5.41) is 8.17. The summed E-state index contributed by atoms with van der Waals surface area (Å²) < 4.78 is 8.81. The van der Waals surface area contributed by atoms with E-state index in [0.717, 1.165) is 60.7 Å². The van der Waals surface area contributed by atoms with Gasteiger partial charge in [0.1, 0.15) is 11.2 Å². The molecule has 0 atom stereocenters. The van der Waals surface area contributed by atoms with Crippen molar-refractivity contribution in [2.24, 2.45) is 0 Å². The maximum atomic E-state index is 6.45. The van der Waals surface area contributed by atoms with E-state index in [9.17, 15) is 0 Å². The minimum absolute atomic E-state index is 0.866. The Morgan fingerprint density at radius 2 is 1.11 bits per heavy atom. The summed E-state index contributed by atoms with van der Waals surface area (Å²) in [5.74, 6) is 0. The molecule has 10 aromatic rings. The molecule has 0 aliphatic heterocycles. The van der Waals surface area contributed by atoms with Crippen LogP contribution in [0, 0.1) is 0 Å². The van der Waals surface area contributed by atoms with Gasteiger partial charge in [-0.05, 0) is 71.1 Å². The molecule has 0 saturated carbocycles.